The predicted molar refractivity (Wildman–Crippen MR) is 57.5 cm³/mol. The zero-order chi connectivity index (χ0) is 13.1. The molecule has 4 nitrogen and oxygen atoms in total. The summed E-state index contributed by atoms with van der Waals surface area (Å²) >= 11 is 0. The molecule has 1 amide bonds. The van der Waals surface area contributed by atoms with Crippen molar-refractivity contribution in [2.24, 2.45) is 5.73 Å². The van der Waals surface area contributed by atoms with Gasteiger partial charge in [0.15, 0.2) is 0 Å². The Morgan fingerprint density at radius 1 is 1.38 bits per heavy atom. The summed E-state index contributed by atoms with van der Waals surface area (Å²) in [5.74, 6) is -3.06. The zero-order valence-electron chi connectivity index (χ0n) is 10.4. The number of rotatable bonds is 3. The molecule has 16 heavy (non-hydrogen) atoms. The van der Waals surface area contributed by atoms with Gasteiger partial charge in [0.05, 0.1) is 0 Å². The van der Waals surface area contributed by atoms with Gasteiger partial charge in [-0.3, -0.25) is 0 Å². The third-order valence-electron chi connectivity index (χ3n) is 1.96. The highest BCUT2D eigenvalue weighted by molar-refractivity contribution is 5.68. The molecular weight excluding hydrogens is 218 g/mol. The molecule has 0 aliphatic carbocycles. The average molecular weight is 238 g/mol. The molecule has 0 fully saturated rings. The van der Waals surface area contributed by atoms with Crippen LogP contribution in [0.2, 0.25) is 0 Å². The van der Waals surface area contributed by atoms with Gasteiger partial charge in [0.1, 0.15) is 11.6 Å². The Balaban J connectivity index is 4.65. The summed E-state index contributed by atoms with van der Waals surface area (Å²) in [5.41, 5.74) is 4.52. The number of ether oxygens (including phenoxy) is 1. The molecule has 1 unspecified atom stereocenters. The molecular formula is C10H20F2N2O2. The number of carbonyl (C=O) groups excluding carboxylic acids is 1. The first-order chi connectivity index (χ1) is 6.99. The summed E-state index contributed by atoms with van der Waals surface area (Å²) in [5, 5.41) is 0. The van der Waals surface area contributed by atoms with E-state index in [0.29, 0.717) is 0 Å². The second-order valence-electron chi connectivity index (χ2n) is 4.80. The number of likely N-dealkylation sites (N-methyl/N-ethyl adjacent to an activating group) is 1. The van der Waals surface area contributed by atoms with Gasteiger partial charge in [-0.25, -0.2) is 13.6 Å². The van der Waals surface area contributed by atoms with Crippen LogP contribution >= 0.6 is 0 Å². The monoisotopic (exact) mass is 238 g/mol. The smallest absolute Gasteiger partial charge is 0.410 e. The van der Waals surface area contributed by atoms with Crippen LogP contribution in [0.3, 0.4) is 0 Å². The van der Waals surface area contributed by atoms with E-state index in [2.05, 4.69) is 0 Å². The van der Waals surface area contributed by atoms with Crippen LogP contribution in [0.15, 0.2) is 0 Å². The van der Waals surface area contributed by atoms with Gasteiger partial charge >= 0.3 is 6.09 Å². The van der Waals surface area contributed by atoms with Crippen LogP contribution in [0, 0.1) is 0 Å². The fourth-order valence-electron chi connectivity index (χ4n) is 1.17. The first kappa shape index (κ1) is 15.1. The fourth-order valence-corrected chi connectivity index (χ4v) is 1.17. The van der Waals surface area contributed by atoms with Gasteiger partial charge < -0.3 is 15.4 Å². The van der Waals surface area contributed by atoms with Crippen molar-refractivity contribution in [2.75, 3.05) is 13.6 Å². The van der Waals surface area contributed by atoms with Gasteiger partial charge in [-0.15, -0.1) is 0 Å². The molecule has 96 valence electrons. The molecule has 0 rings (SSSR count). The molecule has 0 radical (unpaired) electrons. The van der Waals surface area contributed by atoms with Crippen LogP contribution in [0.5, 0.6) is 0 Å². The van der Waals surface area contributed by atoms with Crippen molar-refractivity contribution < 1.29 is 18.3 Å². The van der Waals surface area contributed by atoms with Crippen LogP contribution in [0.4, 0.5) is 13.6 Å². The van der Waals surface area contributed by atoms with Gasteiger partial charge in [0.25, 0.3) is 5.92 Å². The molecule has 0 aliphatic heterocycles. The van der Waals surface area contributed by atoms with Crippen LogP contribution in [-0.4, -0.2) is 42.2 Å². The molecule has 0 aromatic heterocycles. The summed E-state index contributed by atoms with van der Waals surface area (Å²) in [6.45, 7) is 5.41. The van der Waals surface area contributed by atoms with E-state index in [0.717, 1.165) is 11.8 Å². The maximum absolute atomic E-state index is 13.1. The molecule has 0 aromatic carbocycles. The van der Waals surface area contributed by atoms with E-state index in [1.807, 2.05) is 0 Å². The van der Waals surface area contributed by atoms with Crippen molar-refractivity contribution in [3.05, 3.63) is 0 Å². The SMILES string of the molecule is CN(C(=O)OC(C)(C)C)C(CN)C(C)(F)F. The Labute approximate surface area is 94.7 Å². The Hall–Kier alpha value is -0.910. The first-order valence-corrected chi connectivity index (χ1v) is 5.02. The lowest BCUT2D eigenvalue weighted by Gasteiger charge is -2.33. The van der Waals surface area contributed by atoms with Crippen molar-refractivity contribution in [3.8, 4) is 0 Å². The van der Waals surface area contributed by atoms with E-state index in [9.17, 15) is 13.6 Å². The number of hydrogen-bond donors (Lipinski definition) is 1. The van der Waals surface area contributed by atoms with E-state index >= 15 is 0 Å². The molecule has 1 atom stereocenters. The van der Waals surface area contributed by atoms with Crippen molar-refractivity contribution in [1.29, 1.82) is 0 Å². The highest BCUT2D eigenvalue weighted by Gasteiger charge is 2.39. The van der Waals surface area contributed by atoms with Crippen LogP contribution < -0.4 is 5.73 Å². The fraction of sp³-hybridized carbons (Fsp3) is 0.900. The molecule has 0 aliphatic rings. The third kappa shape index (κ3) is 4.74. The number of nitrogens with zero attached hydrogens (tertiary/aromatic N) is 1. The molecule has 0 bridgehead atoms. The lowest BCUT2D eigenvalue weighted by Crippen LogP contribution is -2.52. The standard InChI is InChI=1S/C10H20F2N2O2/c1-9(2,3)16-8(15)14(5)7(6-13)10(4,11)12/h7H,6,13H2,1-5H3. The van der Waals surface area contributed by atoms with E-state index in [1.165, 1.54) is 7.05 Å². The molecule has 0 heterocycles. The number of alkyl halides is 2. The summed E-state index contributed by atoms with van der Waals surface area (Å²) in [6.07, 6.45) is -0.801. The number of nitrogens with two attached hydrogens (primary N) is 1. The normalized spacial score (nSPS) is 14.5. The lowest BCUT2D eigenvalue weighted by molar-refractivity contribution is -0.0618. The van der Waals surface area contributed by atoms with Crippen LogP contribution in [0.1, 0.15) is 27.7 Å². The topological polar surface area (TPSA) is 55.6 Å². The highest BCUT2D eigenvalue weighted by atomic mass is 19.3. The largest absolute Gasteiger partial charge is 0.444 e. The van der Waals surface area contributed by atoms with Crippen molar-refractivity contribution in [3.63, 3.8) is 0 Å². The minimum Gasteiger partial charge on any atom is -0.444 e. The Kier molecular flexibility index (Phi) is 4.67. The second kappa shape index (κ2) is 4.95. The molecule has 2 N–H and O–H groups in total. The number of hydrogen-bond acceptors (Lipinski definition) is 3. The van der Waals surface area contributed by atoms with Crippen molar-refractivity contribution in [1.82, 2.24) is 4.90 Å². The zero-order valence-corrected chi connectivity index (χ0v) is 10.4. The van der Waals surface area contributed by atoms with Gasteiger partial charge in [-0.1, -0.05) is 0 Å². The van der Waals surface area contributed by atoms with Gasteiger partial charge in [0.2, 0.25) is 0 Å². The van der Waals surface area contributed by atoms with Crippen LogP contribution in [0.25, 0.3) is 0 Å². The molecule has 6 heteroatoms. The minimum absolute atomic E-state index is 0.320. The average Bonchev–Trinajstić information content (AvgIpc) is 1.99. The van der Waals surface area contributed by atoms with E-state index in [4.69, 9.17) is 10.5 Å². The minimum atomic E-state index is -3.06. The maximum atomic E-state index is 13.1. The van der Waals surface area contributed by atoms with Gasteiger partial charge in [0, 0.05) is 20.5 Å². The van der Waals surface area contributed by atoms with Crippen molar-refractivity contribution in [2.45, 2.75) is 45.3 Å². The van der Waals surface area contributed by atoms with E-state index in [-0.39, 0.29) is 6.54 Å². The summed E-state index contributed by atoms with van der Waals surface area (Å²) in [4.78, 5) is 12.4. The van der Waals surface area contributed by atoms with Crippen molar-refractivity contribution >= 4 is 6.09 Å². The quantitative estimate of drug-likeness (QED) is 0.816. The maximum Gasteiger partial charge on any atom is 0.410 e. The first-order valence-electron chi connectivity index (χ1n) is 5.02. The Morgan fingerprint density at radius 3 is 2.06 bits per heavy atom. The molecule has 0 spiro atoms. The lowest BCUT2D eigenvalue weighted by atomic mass is 10.1. The summed E-state index contributed by atoms with van der Waals surface area (Å²) in [7, 11) is 1.25. The number of amides is 1. The summed E-state index contributed by atoms with van der Waals surface area (Å²) in [6, 6.07) is -1.36. The second-order valence-corrected chi connectivity index (χ2v) is 4.80. The Morgan fingerprint density at radius 2 is 1.81 bits per heavy atom. The van der Waals surface area contributed by atoms with Crippen LogP contribution in [-0.2, 0) is 4.74 Å². The molecule has 0 saturated carbocycles. The number of halogens is 2. The van der Waals surface area contributed by atoms with Gasteiger partial charge in [-0.2, -0.15) is 0 Å². The summed E-state index contributed by atoms with van der Waals surface area (Å²) < 4.78 is 31.2. The predicted octanol–water partition coefficient (Wildman–Crippen LogP) is 1.84. The van der Waals surface area contributed by atoms with Gasteiger partial charge in [-0.05, 0) is 20.8 Å². The third-order valence-corrected chi connectivity index (χ3v) is 1.96. The van der Waals surface area contributed by atoms with E-state index < -0.39 is 23.7 Å². The highest BCUT2D eigenvalue weighted by Crippen LogP contribution is 2.22. The molecule has 0 saturated heterocycles. The van der Waals surface area contributed by atoms with E-state index in [1.54, 1.807) is 20.8 Å². The number of carbonyl (C=O) groups is 1. The molecule has 0 aromatic rings. The Bertz CT molecular complexity index is 246.